The number of rotatable bonds is 1. The zero-order valence-electron chi connectivity index (χ0n) is 7.07. The largest absolute Gasteiger partial charge is 0.344 e. The van der Waals surface area contributed by atoms with Gasteiger partial charge in [-0.3, -0.25) is 0 Å². The van der Waals surface area contributed by atoms with Crippen molar-refractivity contribution in [2.45, 2.75) is 6.92 Å². The van der Waals surface area contributed by atoms with Crippen LogP contribution in [0.2, 0.25) is 0 Å². The molecule has 3 nitrogen and oxygen atoms in total. The topological polar surface area (TPSA) is 45.8 Å². The van der Waals surface area contributed by atoms with Crippen molar-refractivity contribution in [2.24, 2.45) is 0 Å². The summed E-state index contributed by atoms with van der Waals surface area (Å²) in [7, 11) is 0. The average molecular weight is 192 g/mol. The third kappa shape index (κ3) is 1.53. The molecule has 2 rings (SSSR count). The van der Waals surface area contributed by atoms with E-state index in [2.05, 4.69) is 9.97 Å². The van der Waals surface area contributed by atoms with Gasteiger partial charge in [0, 0.05) is 22.8 Å². The lowest BCUT2D eigenvalue weighted by Gasteiger charge is -1.96. The lowest BCUT2D eigenvalue weighted by atomic mass is 10.2. The van der Waals surface area contributed by atoms with Crippen molar-refractivity contribution in [3.05, 3.63) is 39.9 Å². The number of hydrogen-bond acceptors (Lipinski definition) is 3. The normalized spacial score (nSPS) is 10.2. The molecule has 0 spiro atoms. The molecule has 0 aromatic carbocycles. The van der Waals surface area contributed by atoms with E-state index in [1.165, 1.54) is 5.56 Å². The number of H-pyrrole nitrogens is 1. The van der Waals surface area contributed by atoms with Gasteiger partial charge in [0.2, 0.25) is 0 Å². The van der Waals surface area contributed by atoms with Crippen LogP contribution in [0.3, 0.4) is 0 Å². The molecule has 0 bridgehead atoms. The molecule has 0 atom stereocenters. The summed E-state index contributed by atoms with van der Waals surface area (Å²) in [6.07, 6.45) is 3.28. The summed E-state index contributed by atoms with van der Waals surface area (Å²) in [5, 5.41) is 2.02. The maximum Gasteiger partial charge on any atom is 0.344 e. The predicted octanol–water partition coefficient (Wildman–Crippen LogP) is 1.81. The molecular weight excluding hydrogens is 184 g/mol. The SMILES string of the molecule is Cc1ccsc1-c1cnc(=O)[nH]c1. The van der Waals surface area contributed by atoms with Crippen LogP contribution >= 0.6 is 11.3 Å². The predicted molar refractivity (Wildman–Crippen MR) is 52.9 cm³/mol. The van der Waals surface area contributed by atoms with Crippen LogP contribution in [0.4, 0.5) is 0 Å². The van der Waals surface area contributed by atoms with Crippen molar-refractivity contribution in [1.82, 2.24) is 9.97 Å². The standard InChI is InChI=1S/C9H8N2OS/c1-6-2-3-13-8(6)7-4-10-9(12)11-5-7/h2-5H,1H3,(H,10,11,12). The second-order valence-corrected chi connectivity index (χ2v) is 3.66. The number of thiophene rings is 1. The second kappa shape index (κ2) is 3.14. The van der Waals surface area contributed by atoms with Gasteiger partial charge in [0.1, 0.15) is 0 Å². The Hall–Kier alpha value is -1.42. The van der Waals surface area contributed by atoms with Crippen LogP contribution in [-0.4, -0.2) is 9.97 Å². The quantitative estimate of drug-likeness (QED) is 0.749. The van der Waals surface area contributed by atoms with Crippen molar-refractivity contribution in [3.63, 3.8) is 0 Å². The highest BCUT2D eigenvalue weighted by molar-refractivity contribution is 7.13. The maximum atomic E-state index is 10.7. The Morgan fingerprint density at radius 1 is 1.54 bits per heavy atom. The zero-order valence-corrected chi connectivity index (χ0v) is 7.89. The van der Waals surface area contributed by atoms with E-state index in [9.17, 15) is 4.79 Å². The lowest BCUT2D eigenvalue weighted by Crippen LogP contribution is -2.07. The molecule has 0 aliphatic carbocycles. The van der Waals surface area contributed by atoms with Gasteiger partial charge in [-0.15, -0.1) is 11.3 Å². The summed E-state index contributed by atoms with van der Waals surface area (Å²) < 4.78 is 0. The van der Waals surface area contributed by atoms with Crippen LogP contribution in [0.1, 0.15) is 5.56 Å². The van der Waals surface area contributed by atoms with Gasteiger partial charge < -0.3 is 4.98 Å². The van der Waals surface area contributed by atoms with Crippen LogP contribution in [0.25, 0.3) is 10.4 Å². The molecule has 0 aliphatic heterocycles. The number of nitrogens with one attached hydrogen (secondary N) is 1. The van der Waals surface area contributed by atoms with Gasteiger partial charge in [-0.05, 0) is 23.9 Å². The van der Waals surface area contributed by atoms with E-state index in [1.807, 2.05) is 18.4 Å². The van der Waals surface area contributed by atoms with Gasteiger partial charge in [-0.25, -0.2) is 9.78 Å². The summed E-state index contributed by atoms with van der Waals surface area (Å²) in [5.74, 6) is 0. The van der Waals surface area contributed by atoms with E-state index in [1.54, 1.807) is 23.7 Å². The average Bonchev–Trinajstić information content (AvgIpc) is 2.53. The molecule has 0 amide bonds. The molecule has 0 unspecified atom stereocenters. The van der Waals surface area contributed by atoms with Gasteiger partial charge in [0.15, 0.2) is 0 Å². The third-order valence-electron chi connectivity index (χ3n) is 1.80. The molecule has 2 aromatic heterocycles. The molecule has 0 aliphatic rings. The third-order valence-corrected chi connectivity index (χ3v) is 2.86. The summed E-state index contributed by atoms with van der Waals surface area (Å²) in [6.45, 7) is 2.04. The Kier molecular flexibility index (Phi) is 1.98. The molecule has 1 N–H and O–H groups in total. The van der Waals surface area contributed by atoms with Crippen LogP contribution < -0.4 is 5.69 Å². The minimum Gasteiger partial charge on any atom is -0.312 e. The second-order valence-electron chi connectivity index (χ2n) is 2.74. The fourth-order valence-electron chi connectivity index (χ4n) is 1.13. The Morgan fingerprint density at radius 2 is 2.38 bits per heavy atom. The number of aryl methyl sites for hydroxylation is 1. The summed E-state index contributed by atoms with van der Waals surface area (Å²) in [5.41, 5.74) is 1.86. The number of aromatic amines is 1. The first kappa shape index (κ1) is 8.19. The van der Waals surface area contributed by atoms with Crippen molar-refractivity contribution < 1.29 is 0 Å². The minimum atomic E-state index is -0.307. The van der Waals surface area contributed by atoms with Crippen molar-refractivity contribution >= 4 is 11.3 Å². The van der Waals surface area contributed by atoms with Gasteiger partial charge in [-0.1, -0.05) is 0 Å². The number of nitrogens with zero attached hydrogens (tertiary/aromatic N) is 1. The smallest absolute Gasteiger partial charge is 0.312 e. The first-order chi connectivity index (χ1) is 6.27. The maximum absolute atomic E-state index is 10.7. The van der Waals surface area contributed by atoms with E-state index in [-0.39, 0.29) is 5.69 Å². The van der Waals surface area contributed by atoms with Crippen molar-refractivity contribution in [2.75, 3.05) is 0 Å². The van der Waals surface area contributed by atoms with E-state index >= 15 is 0 Å². The molecule has 66 valence electrons. The van der Waals surface area contributed by atoms with E-state index in [0.717, 1.165) is 10.4 Å². The summed E-state index contributed by atoms with van der Waals surface area (Å²) in [4.78, 5) is 18.1. The highest BCUT2D eigenvalue weighted by Crippen LogP contribution is 2.26. The molecule has 0 saturated carbocycles. The Bertz CT molecular complexity index is 452. The number of hydrogen-bond donors (Lipinski definition) is 1. The molecule has 2 heterocycles. The molecule has 2 aromatic rings. The number of aromatic nitrogens is 2. The van der Waals surface area contributed by atoms with Gasteiger partial charge in [0.05, 0.1) is 0 Å². The summed E-state index contributed by atoms with van der Waals surface area (Å²) >= 11 is 1.65. The Labute approximate surface area is 79.1 Å². The molecular formula is C9H8N2OS. The van der Waals surface area contributed by atoms with Crippen LogP contribution in [-0.2, 0) is 0 Å². The minimum absolute atomic E-state index is 0.307. The monoisotopic (exact) mass is 192 g/mol. The van der Waals surface area contributed by atoms with Crippen LogP contribution in [0, 0.1) is 6.92 Å². The first-order valence-electron chi connectivity index (χ1n) is 3.86. The molecule has 0 radical (unpaired) electrons. The van der Waals surface area contributed by atoms with E-state index in [0.29, 0.717) is 0 Å². The van der Waals surface area contributed by atoms with Crippen LogP contribution in [0.5, 0.6) is 0 Å². The molecule has 0 saturated heterocycles. The Balaban J connectivity index is 2.53. The zero-order chi connectivity index (χ0) is 9.26. The highest BCUT2D eigenvalue weighted by atomic mass is 32.1. The molecule has 0 fully saturated rings. The van der Waals surface area contributed by atoms with Crippen molar-refractivity contribution in [1.29, 1.82) is 0 Å². The van der Waals surface area contributed by atoms with E-state index < -0.39 is 0 Å². The fourth-order valence-corrected chi connectivity index (χ4v) is 2.04. The lowest BCUT2D eigenvalue weighted by molar-refractivity contribution is 1.08. The van der Waals surface area contributed by atoms with E-state index in [4.69, 9.17) is 0 Å². The Morgan fingerprint density at radius 3 is 2.92 bits per heavy atom. The highest BCUT2D eigenvalue weighted by Gasteiger charge is 2.02. The van der Waals surface area contributed by atoms with Crippen LogP contribution in [0.15, 0.2) is 28.6 Å². The first-order valence-corrected chi connectivity index (χ1v) is 4.74. The molecule has 13 heavy (non-hydrogen) atoms. The van der Waals surface area contributed by atoms with Crippen molar-refractivity contribution in [3.8, 4) is 10.4 Å². The summed E-state index contributed by atoms with van der Waals surface area (Å²) in [6, 6.07) is 2.05. The fraction of sp³-hybridized carbons (Fsp3) is 0.111. The van der Waals surface area contributed by atoms with Gasteiger partial charge in [-0.2, -0.15) is 0 Å². The van der Waals surface area contributed by atoms with Gasteiger partial charge >= 0.3 is 5.69 Å². The van der Waals surface area contributed by atoms with Gasteiger partial charge in [0.25, 0.3) is 0 Å². The molecule has 4 heteroatoms.